The smallest absolute Gasteiger partial charge is 0.204 e. The molecular formula is C11H10ClFN4O. The van der Waals surface area contributed by atoms with Gasteiger partial charge in [-0.3, -0.25) is 0 Å². The Kier molecular flexibility index (Phi) is 3.47. The van der Waals surface area contributed by atoms with Gasteiger partial charge in [0.1, 0.15) is 12.1 Å². The second-order valence-electron chi connectivity index (χ2n) is 3.39. The summed E-state index contributed by atoms with van der Waals surface area (Å²) in [7, 11) is 1.46. The highest BCUT2D eigenvalue weighted by molar-refractivity contribution is 6.31. The van der Waals surface area contributed by atoms with Crippen molar-refractivity contribution in [3.05, 3.63) is 35.4 Å². The third-order valence-corrected chi connectivity index (χ3v) is 2.51. The molecule has 0 spiro atoms. The van der Waals surface area contributed by atoms with Crippen LogP contribution in [0.4, 0.5) is 21.7 Å². The van der Waals surface area contributed by atoms with Gasteiger partial charge in [-0.2, -0.15) is 0 Å². The maximum atomic E-state index is 13.0. The van der Waals surface area contributed by atoms with E-state index < -0.39 is 5.82 Å². The van der Waals surface area contributed by atoms with E-state index >= 15 is 0 Å². The lowest BCUT2D eigenvalue weighted by Crippen LogP contribution is -2.02. The monoisotopic (exact) mass is 268 g/mol. The van der Waals surface area contributed by atoms with Crippen LogP contribution in [0.2, 0.25) is 5.02 Å². The molecular weight excluding hydrogens is 259 g/mol. The number of benzene rings is 1. The van der Waals surface area contributed by atoms with Crippen LogP contribution in [0.1, 0.15) is 0 Å². The number of nitrogens with zero attached hydrogens (tertiary/aromatic N) is 2. The maximum absolute atomic E-state index is 13.0. The Morgan fingerprint density at radius 2 is 2.17 bits per heavy atom. The topological polar surface area (TPSA) is 73.1 Å². The van der Waals surface area contributed by atoms with Crippen LogP contribution in [0.25, 0.3) is 0 Å². The molecule has 2 aromatic rings. The van der Waals surface area contributed by atoms with E-state index in [1.807, 2.05) is 0 Å². The fourth-order valence-corrected chi connectivity index (χ4v) is 1.57. The number of halogens is 2. The fourth-order valence-electron chi connectivity index (χ4n) is 1.39. The largest absolute Gasteiger partial charge is 0.490 e. The van der Waals surface area contributed by atoms with Gasteiger partial charge in [0, 0.05) is 5.69 Å². The predicted molar refractivity (Wildman–Crippen MR) is 67.7 cm³/mol. The summed E-state index contributed by atoms with van der Waals surface area (Å²) in [6.07, 6.45) is 1.30. The summed E-state index contributed by atoms with van der Waals surface area (Å²) in [5.41, 5.74) is 6.20. The molecule has 0 saturated carbocycles. The summed E-state index contributed by atoms with van der Waals surface area (Å²) >= 11 is 5.68. The summed E-state index contributed by atoms with van der Waals surface area (Å²) in [4.78, 5) is 7.79. The number of hydrogen-bond donors (Lipinski definition) is 2. The Bertz CT molecular complexity index is 579. The Morgan fingerprint density at radius 3 is 2.83 bits per heavy atom. The second kappa shape index (κ2) is 5.05. The first-order valence-corrected chi connectivity index (χ1v) is 5.36. The van der Waals surface area contributed by atoms with Gasteiger partial charge in [0.15, 0.2) is 11.6 Å². The highest BCUT2D eigenvalue weighted by Gasteiger charge is 2.10. The molecule has 1 aromatic heterocycles. The van der Waals surface area contributed by atoms with E-state index in [1.165, 1.54) is 31.6 Å². The average molecular weight is 269 g/mol. The maximum Gasteiger partial charge on any atom is 0.204 e. The number of anilines is 3. The van der Waals surface area contributed by atoms with Crippen LogP contribution in [0.3, 0.4) is 0 Å². The highest BCUT2D eigenvalue weighted by Crippen LogP contribution is 2.30. The Hall–Kier alpha value is -2.08. The van der Waals surface area contributed by atoms with Crippen LogP contribution in [0.15, 0.2) is 24.5 Å². The SMILES string of the molecule is COc1c(N)ncnc1Nc1ccc(F)c(Cl)c1. The van der Waals surface area contributed by atoms with E-state index in [2.05, 4.69) is 15.3 Å². The molecule has 0 atom stereocenters. The number of ether oxygens (including phenoxy) is 1. The Morgan fingerprint density at radius 1 is 1.39 bits per heavy atom. The molecule has 1 aromatic carbocycles. The quantitative estimate of drug-likeness (QED) is 0.895. The van der Waals surface area contributed by atoms with Gasteiger partial charge in [-0.05, 0) is 18.2 Å². The van der Waals surface area contributed by atoms with Crippen molar-refractivity contribution < 1.29 is 9.13 Å². The van der Waals surface area contributed by atoms with Gasteiger partial charge < -0.3 is 15.8 Å². The number of rotatable bonds is 3. The third kappa shape index (κ3) is 2.43. The zero-order valence-corrected chi connectivity index (χ0v) is 10.2. The zero-order valence-electron chi connectivity index (χ0n) is 9.45. The van der Waals surface area contributed by atoms with Crippen LogP contribution < -0.4 is 15.8 Å². The molecule has 0 saturated heterocycles. The fraction of sp³-hybridized carbons (Fsp3) is 0.0909. The number of nitrogens with two attached hydrogens (primary N) is 1. The Labute approximate surface area is 108 Å². The second-order valence-corrected chi connectivity index (χ2v) is 3.80. The van der Waals surface area contributed by atoms with Crippen LogP contribution in [0.5, 0.6) is 5.75 Å². The van der Waals surface area contributed by atoms with Gasteiger partial charge in [0.2, 0.25) is 5.75 Å². The van der Waals surface area contributed by atoms with Gasteiger partial charge in [-0.15, -0.1) is 0 Å². The lowest BCUT2D eigenvalue weighted by Gasteiger charge is -2.11. The lowest BCUT2D eigenvalue weighted by molar-refractivity contribution is 0.415. The number of nitrogen functional groups attached to an aromatic ring is 1. The molecule has 0 unspecified atom stereocenters. The van der Waals surface area contributed by atoms with E-state index in [-0.39, 0.29) is 10.8 Å². The molecule has 0 aliphatic rings. The molecule has 0 amide bonds. The number of aromatic nitrogens is 2. The van der Waals surface area contributed by atoms with Crippen molar-refractivity contribution in [2.45, 2.75) is 0 Å². The molecule has 94 valence electrons. The minimum atomic E-state index is -0.489. The first kappa shape index (κ1) is 12.4. The van der Waals surface area contributed by atoms with E-state index in [0.29, 0.717) is 17.3 Å². The summed E-state index contributed by atoms with van der Waals surface area (Å²) in [6, 6.07) is 4.22. The van der Waals surface area contributed by atoms with Crippen molar-refractivity contribution in [3.63, 3.8) is 0 Å². The summed E-state index contributed by atoms with van der Waals surface area (Å²) in [6.45, 7) is 0. The molecule has 0 fully saturated rings. The molecule has 1 heterocycles. The van der Waals surface area contributed by atoms with Gasteiger partial charge in [0.05, 0.1) is 12.1 Å². The van der Waals surface area contributed by atoms with Crippen molar-refractivity contribution in [1.82, 2.24) is 9.97 Å². The van der Waals surface area contributed by atoms with Crippen molar-refractivity contribution >= 4 is 28.9 Å². The molecule has 5 nitrogen and oxygen atoms in total. The van der Waals surface area contributed by atoms with Crippen LogP contribution in [-0.2, 0) is 0 Å². The van der Waals surface area contributed by atoms with Crippen molar-refractivity contribution in [2.75, 3.05) is 18.2 Å². The van der Waals surface area contributed by atoms with Crippen molar-refractivity contribution in [2.24, 2.45) is 0 Å². The van der Waals surface area contributed by atoms with Gasteiger partial charge in [-0.25, -0.2) is 14.4 Å². The lowest BCUT2D eigenvalue weighted by atomic mass is 10.3. The minimum Gasteiger partial charge on any atom is -0.490 e. The van der Waals surface area contributed by atoms with Crippen LogP contribution >= 0.6 is 11.6 Å². The van der Waals surface area contributed by atoms with Crippen LogP contribution in [-0.4, -0.2) is 17.1 Å². The molecule has 3 N–H and O–H groups in total. The first-order valence-electron chi connectivity index (χ1n) is 4.98. The number of hydrogen-bond acceptors (Lipinski definition) is 5. The first-order chi connectivity index (χ1) is 8.61. The van der Waals surface area contributed by atoms with Gasteiger partial charge in [-0.1, -0.05) is 11.6 Å². The van der Waals surface area contributed by atoms with E-state index in [1.54, 1.807) is 0 Å². The predicted octanol–water partition coefficient (Wildman–Crippen LogP) is 2.60. The van der Waals surface area contributed by atoms with E-state index in [4.69, 9.17) is 22.1 Å². The van der Waals surface area contributed by atoms with Crippen molar-refractivity contribution in [1.29, 1.82) is 0 Å². The molecule has 2 rings (SSSR count). The molecule has 7 heteroatoms. The molecule has 0 aliphatic heterocycles. The summed E-state index contributed by atoms with van der Waals surface area (Å²) in [5, 5.41) is 2.94. The third-order valence-electron chi connectivity index (χ3n) is 2.22. The van der Waals surface area contributed by atoms with E-state index in [0.717, 1.165) is 0 Å². The van der Waals surface area contributed by atoms with Crippen LogP contribution in [0, 0.1) is 5.82 Å². The zero-order chi connectivity index (χ0) is 13.1. The average Bonchev–Trinajstić information content (AvgIpc) is 2.34. The molecule has 0 bridgehead atoms. The van der Waals surface area contributed by atoms with Crippen molar-refractivity contribution in [3.8, 4) is 5.75 Å². The summed E-state index contributed by atoms with van der Waals surface area (Å²) < 4.78 is 18.1. The van der Waals surface area contributed by atoms with Gasteiger partial charge in [0.25, 0.3) is 0 Å². The normalized spacial score (nSPS) is 10.2. The number of nitrogens with one attached hydrogen (secondary N) is 1. The van der Waals surface area contributed by atoms with Gasteiger partial charge >= 0.3 is 0 Å². The molecule has 18 heavy (non-hydrogen) atoms. The summed E-state index contributed by atoms with van der Waals surface area (Å²) in [5.74, 6) is 0.421. The molecule has 0 radical (unpaired) electrons. The molecule has 0 aliphatic carbocycles. The van der Waals surface area contributed by atoms with E-state index in [9.17, 15) is 4.39 Å². The Balaban J connectivity index is 2.34. The number of methoxy groups -OCH3 is 1. The standard InChI is InChI=1S/C11H10ClFN4O/c1-18-9-10(14)15-5-16-11(9)17-6-2-3-8(13)7(12)4-6/h2-5H,1H3,(H3,14,15,16,17). The minimum absolute atomic E-state index is 0.0148. The highest BCUT2D eigenvalue weighted by atomic mass is 35.5.